The van der Waals surface area contributed by atoms with E-state index in [2.05, 4.69) is 19.9 Å². The Labute approximate surface area is 144 Å². The van der Waals surface area contributed by atoms with Crippen LogP contribution in [0.2, 0.25) is 5.02 Å². The van der Waals surface area contributed by atoms with Crippen molar-refractivity contribution in [2.75, 3.05) is 11.4 Å². The zero-order valence-corrected chi connectivity index (χ0v) is 13.7. The van der Waals surface area contributed by atoms with Gasteiger partial charge in [-0.1, -0.05) is 11.6 Å². The summed E-state index contributed by atoms with van der Waals surface area (Å²) >= 11 is 6.07. The smallest absolute Gasteiger partial charge is 0.234 e. The molecule has 1 aliphatic heterocycles. The van der Waals surface area contributed by atoms with Crippen molar-refractivity contribution in [3.63, 3.8) is 0 Å². The van der Waals surface area contributed by atoms with Gasteiger partial charge in [0.25, 0.3) is 0 Å². The Morgan fingerprint density at radius 3 is 3.04 bits per heavy atom. The summed E-state index contributed by atoms with van der Waals surface area (Å²) in [4.78, 5) is 18.6. The van der Waals surface area contributed by atoms with Crippen molar-refractivity contribution in [3.8, 4) is 6.07 Å². The van der Waals surface area contributed by atoms with Crippen LogP contribution in [0.1, 0.15) is 37.0 Å². The Hall–Kier alpha value is -2.65. The number of nitrogens with one attached hydrogen (secondary N) is 1. The van der Waals surface area contributed by atoms with Gasteiger partial charge in [-0.3, -0.25) is 0 Å². The van der Waals surface area contributed by atoms with Gasteiger partial charge in [0.2, 0.25) is 5.82 Å². The molecule has 7 heteroatoms. The molecule has 0 amide bonds. The second-order valence-corrected chi connectivity index (χ2v) is 6.28. The number of hydrogen-bond acceptors (Lipinski definition) is 5. The first-order valence-electron chi connectivity index (χ1n) is 7.89. The number of rotatable bonds is 2. The summed E-state index contributed by atoms with van der Waals surface area (Å²) in [5, 5.41) is 9.73. The van der Waals surface area contributed by atoms with Crippen LogP contribution in [0.25, 0.3) is 11.0 Å². The van der Waals surface area contributed by atoms with Crippen molar-refractivity contribution >= 4 is 28.5 Å². The Balaban J connectivity index is 1.74. The van der Waals surface area contributed by atoms with E-state index in [1.807, 2.05) is 30.3 Å². The molecule has 120 valence electrons. The van der Waals surface area contributed by atoms with E-state index in [9.17, 15) is 0 Å². The molecule has 1 fully saturated rings. The molecule has 0 aliphatic carbocycles. The first-order valence-corrected chi connectivity index (χ1v) is 8.27. The van der Waals surface area contributed by atoms with Crippen LogP contribution < -0.4 is 4.90 Å². The van der Waals surface area contributed by atoms with Crippen molar-refractivity contribution < 1.29 is 0 Å². The number of nitrogens with zero attached hydrogens (tertiary/aromatic N) is 5. The lowest BCUT2D eigenvalue weighted by atomic mass is 10.0. The lowest BCUT2D eigenvalue weighted by Gasteiger charge is -2.35. The van der Waals surface area contributed by atoms with Gasteiger partial charge >= 0.3 is 0 Å². The summed E-state index contributed by atoms with van der Waals surface area (Å²) in [6.07, 6.45) is 4.84. The van der Waals surface area contributed by atoms with Crippen molar-refractivity contribution in [1.29, 1.82) is 5.26 Å². The number of halogens is 1. The maximum atomic E-state index is 9.04. The van der Waals surface area contributed by atoms with E-state index < -0.39 is 0 Å². The van der Waals surface area contributed by atoms with Crippen molar-refractivity contribution in [2.45, 2.75) is 25.3 Å². The van der Waals surface area contributed by atoms with Gasteiger partial charge in [0.1, 0.15) is 17.7 Å². The quantitative estimate of drug-likeness (QED) is 0.771. The first kappa shape index (κ1) is 14.9. The van der Waals surface area contributed by atoms with Crippen LogP contribution in [0.3, 0.4) is 0 Å². The zero-order chi connectivity index (χ0) is 16.5. The number of fused-ring (bicyclic) bond motifs is 1. The van der Waals surface area contributed by atoms with Crippen LogP contribution in [-0.2, 0) is 0 Å². The van der Waals surface area contributed by atoms with Crippen molar-refractivity contribution in [1.82, 2.24) is 19.9 Å². The first-order chi connectivity index (χ1) is 11.7. The molecule has 1 atom stereocenters. The van der Waals surface area contributed by atoms with Crippen LogP contribution in [0.15, 0.2) is 30.5 Å². The lowest BCUT2D eigenvalue weighted by Crippen LogP contribution is -2.34. The van der Waals surface area contributed by atoms with Gasteiger partial charge < -0.3 is 9.88 Å². The third-order valence-corrected chi connectivity index (χ3v) is 4.55. The molecule has 0 saturated carbocycles. The summed E-state index contributed by atoms with van der Waals surface area (Å²) in [5.74, 6) is 1.86. The molecular formula is C17H15ClN6. The molecule has 0 radical (unpaired) electrons. The second-order valence-electron chi connectivity index (χ2n) is 5.84. The topological polar surface area (TPSA) is 81.5 Å². The number of piperidine rings is 1. The summed E-state index contributed by atoms with van der Waals surface area (Å²) < 4.78 is 0. The van der Waals surface area contributed by atoms with Crippen LogP contribution in [0, 0.1) is 11.3 Å². The summed E-state index contributed by atoms with van der Waals surface area (Å²) in [7, 11) is 0. The average Bonchev–Trinajstić information content (AvgIpc) is 3.04. The van der Waals surface area contributed by atoms with Gasteiger partial charge in [-0.25, -0.2) is 15.0 Å². The minimum absolute atomic E-state index is 0.103. The van der Waals surface area contributed by atoms with Gasteiger partial charge in [0.15, 0.2) is 0 Å². The van der Waals surface area contributed by atoms with Crippen LogP contribution in [-0.4, -0.2) is 26.5 Å². The molecule has 1 aromatic carbocycles. The number of hydrogen-bond donors (Lipinski definition) is 1. The fourth-order valence-electron chi connectivity index (χ4n) is 3.21. The molecule has 1 saturated heterocycles. The molecule has 3 aromatic rings. The molecule has 1 unspecified atom stereocenters. The van der Waals surface area contributed by atoms with E-state index in [-0.39, 0.29) is 11.9 Å². The molecule has 2 aromatic heterocycles. The Morgan fingerprint density at radius 1 is 1.25 bits per heavy atom. The molecule has 24 heavy (non-hydrogen) atoms. The molecule has 1 N–H and O–H groups in total. The number of aromatic nitrogens is 4. The fraction of sp³-hybridized carbons (Fsp3) is 0.294. The van der Waals surface area contributed by atoms with Crippen LogP contribution in [0.4, 0.5) is 5.82 Å². The third kappa shape index (κ3) is 2.68. The van der Waals surface area contributed by atoms with E-state index in [1.54, 1.807) is 6.20 Å². The average molecular weight is 339 g/mol. The maximum Gasteiger partial charge on any atom is 0.234 e. The van der Waals surface area contributed by atoms with Crippen molar-refractivity contribution in [3.05, 3.63) is 47.1 Å². The predicted molar refractivity (Wildman–Crippen MR) is 91.8 cm³/mol. The highest BCUT2D eigenvalue weighted by molar-refractivity contribution is 6.31. The molecule has 1 aliphatic rings. The highest BCUT2D eigenvalue weighted by Crippen LogP contribution is 2.33. The summed E-state index contributed by atoms with van der Waals surface area (Å²) in [6.45, 7) is 0.879. The minimum atomic E-state index is 0.103. The van der Waals surface area contributed by atoms with E-state index >= 15 is 0 Å². The fourth-order valence-corrected chi connectivity index (χ4v) is 3.38. The SMILES string of the molecule is N#Cc1nccc(N2CCCCC2c2nc3ccc(Cl)cc3[nH]2)n1. The number of aromatic amines is 1. The summed E-state index contributed by atoms with van der Waals surface area (Å²) in [6, 6.07) is 9.60. The zero-order valence-electron chi connectivity index (χ0n) is 12.9. The molecule has 0 spiro atoms. The Kier molecular flexibility index (Phi) is 3.79. The number of nitriles is 1. The highest BCUT2D eigenvalue weighted by atomic mass is 35.5. The molecule has 0 bridgehead atoms. The molecule has 6 nitrogen and oxygen atoms in total. The van der Waals surface area contributed by atoms with E-state index in [4.69, 9.17) is 21.8 Å². The van der Waals surface area contributed by atoms with Gasteiger partial charge in [-0.2, -0.15) is 5.26 Å². The summed E-state index contributed by atoms with van der Waals surface area (Å²) in [5.41, 5.74) is 1.84. The number of anilines is 1. The van der Waals surface area contributed by atoms with Gasteiger partial charge in [-0.05, 0) is 43.5 Å². The number of imidazole rings is 1. The molecular weight excluding hydrogens is 324 g/mol. The van der Waals surface area contributed by atoms with E-state index in [1.165, 1.54) is 0 Å². The third-order valence-electron chi connectivity index (χ3n) is 4.32. The van der Waals surface area contributed by atoms with Gasteiger partial charge in [0.05, 0.1) is 17.1 Å². The van der Waals surface area contributed by atoms with Gasteiger partial charge in [0, 0.05) is 17.8 Å². The van der Waals surface area contributed by atoms with E-state index in [0.717, 1.165) is 48.5 Å². The van der Waals surface area contributed by atoms with E-state index in [0.29, 0.717) is 5.02 Å². The highest BCUT2D eigenvalue weighted by Gasteiger charge is 2.28. The van der Waals surface area contributed by atoms with Crippen LogP contribution >= 0.6 is 11.6 Å². The van der Waals surface area contributed by atoms with Crippen molar-refractivity contribution in [2.24, 2.45) is 0 Å². The van der Waals surface area contributed by atoms with Crippen LogP contribution in [0.5, 0.6) is 0 Å². The Bertz CT molecular complexity index is 928. The number of H-pyrrole nitrogens is 1. The largest absolute Gasteiger partial charge is 0.346 e. The lowest BCUT2D eigenvalue weighted by molar-refractivity contribution is 0.456. The standard InChI is InChI=1S/C17H15ClN6/c18-11-4-5-12-13(9-11)22-17(21-12)14-3-1-2-8-24(14)16-6-7-20-15(10-19)23-16/h4-7,9,14H,1-3,8H2,(H,21,22). The maximum absolute atomic E-state index is 9.04. The predicted octanol–water partition coefficient (Wildman–Crippen LogP) is 3.61. The number of benzene rings is 1. The normalized spacial score (nSPS) is 17.8. The monoisotopic (exact) mass is 338 g/mol. The Morgan fingerprint density at radius 2 is 2.17 bits per heavy atom. The minimum Gasteiger partial charge on any atom is -0.346 e. The van der Waals surface area contributed by atoms with Gasteiger partial charge in [-0.15, -0.1) is 0 Å². The molecule has 4 rings (SSSR count). The second kappa shape index (κ2) is 6.10. The molecule has 3 heterocycles.